The molecule has 0 saturated heterocycles. The molecule has 489 valence electrons. The minimum atomic E-state index is -1.14. The Bertz CT molecular complexity index is 3560. The normalized spacial score (nSPS) is 12.5. The fourth-order valence-corrected chi connectivity index (χ4v) is 17.5. The van der Waals surface area contributed by atoms with Crippen molar-refractivity contribution >= 4 is 64.7 Å². The summed E-state index contributed by atoms with van der Waals surface area (Å²) in [6.07, 6.45) is 12.2. The van der Waals surface area contributed by atoms with E-state index in [2.05, 4.69) is 180 Å². The maximum absolute atomic E-state index is 4.97. The molecule has 7 heteroatoms. The predicted octanol–water partition coefficient (Wildman–Crippen LogP) is 21.0. The number of rotatable bonds is 6. The second-order valence-corrected chi connectivity index (χ2v) is 28.4. The summed E-state index contributed by atoms with van der Waals surface area (Å²) in [4.78, 5) is 0. The van der Waals surface area contributed by atoms with Gasteiger partial charge in [-0.15, -0.1) is 85.9 Å². The second kappa shape index (κ2) is 43.3. The van der Waals surface area contributed by atoms with Gasteiger partial charge in [0.05, 0.1) is 18.5 Å². The van der Waals surface area contributed by atoms with Crippen molar-refractivity contribution in [3.63, 3.8) is 0 Å². The van der Waals surface area contributed by atoms with E-state index in [4.69, 9.17) is 10.6 Å². The number of fused-ring (bicyclic) bond motifs is 4. The van der Waals surface area contributed by atoms with Gasteiger partial charge in [0.25, 0.3) is 0 Å². The number of nitrogens with one attached hydrogen (secondary N) is 1. The number of nitrogens with zero attached hydrogens (tertiary/aromatic N) is 2. The van der Waals surface area contributed by atoms with Gasteiger partial charge in [0, 0.05) is 17.5 Å². The summed E-state index contributed by atoms with van der Waals surface area (Å²) < 4.78 is 0. The number of hydrogen-bond donors (Lipinski definition) is 1. The van der Waals surface area contributed by atoms with Crippen LogP contribution in [0.25, 0.3) is 10.6 Å². The minimum absolute atomic E-state index is 0. The van der Waals surface area contributed by atoms with Gasteiger partial charge in [-0.05, 0) is 111 Å². The van der Waals surface area contributed by atoms with E-state index in [1.165, 1.54) is 112 Å². The Balaban J connectivity index is 0.000000174. The molecule has 0 bridgehead atoms. The summed E-state index contributed by atoms with van der Waals surface area (Å²) in [5.41, 5.74) is 17.9. The Labute approximate surface area is 629 Å². The smallest absolute Gasteiger partial charge is 0.681 e. The Morgan fingerprint density at radius 2 is 0.633 bits per heavy atom. The van der Waals surface area contributed by atoms with Gasteiger partial charge in [-0.25, -0.2) is 0 Å². The van der Waals surface area contributed by atoms with Crippen molar-refractivity contribution in [3.05, 3.63) is 429 Å². The van der Waals surface area contributed by atoms with E-state index in [0.29, 0.717) is 0 Å². The summed E-state index contributed by atoms with van der Waals surface area (Å²) in [5, 5.41) is 22.5. The Kier molecular flexibility index (Phi) is 34.1. The van der Waals surface area contributed by atoms with E-state index in [1.807, 2.05) is 182 Å². The number of hydrogen-bond acceptors (Lipinski definition) is 1. The van der Waals surface area contributed by atoms with Crippen LogP contribution in [0.3, 0.4) is 0 Å². The average Bonchev–Trinajstić information content (AvgIpc) is 0.777. The van der Waals surface area contributed by atoms with Crippen LogP contribution in [0.4, 0.5) is 17.1 Å². The van der Waals surface area contributed by atoms with Gasteiger partial charge in [0.1, 0.15) is 5.30 Å². The molecule has 4 aliphatic rings. The molecule has 1 unspecified atom stereocenters. The summed E-state index contributed by atoms with van der Waals surface area (Å²) in [6.45, 7) is 25.3. The van der Waals surface area contributed by atoms with Crippen LogP contribution in [0.1, 0.15) is 93.3 Å². The molecular weight excluding hydrogens is 1380 g/mol. The molecule has 3 heterocycles. The minimum Gasteiger partial charge on any atom is -0.681 e. The molecule has 0 aromatic heterocycles. The monoisotopic (exact) mass is 1470 g/mol. The van der Waals surface area contributed by atoms with Gasteiger partial charge in [-0.2, -0.15) is 148 Å². The van der Waals surface area contributed by atoms with E-state index in [9.17, 15) is 0 Å². The van der Waals surface area contributed by atoms with E-state index in [0.717, 1.165) is 65.9 Å². The molecule has 12 aromatic rings. The standard InChI is InChI=1S/C25H26NP.C24H23N2P.6C7H7.2Zr/c1-2-13-21(14-3-1)27(23-16-6-10-19-9-4-5-15-22(19)23)24-17-7-11-20-12-8-18-26-25(20)24;1-2-12-20(13-3-1)27(21-14-4-8-18-10-6-16-25-23(18)21)22-15-5-9-19-11-7-17-26-24(19)22;6*1-7-5-3-2-4-6-7;;/h1-3,6-7,10-11,13-14,16-17,26H,4-5,8-9,12,15,18H2;1-5,8-9,12-15H,6-7,10-11,16-17H2;6*2-6H,1H2;;/q;-2;6*-1;+3;+4/p+1. The van der Waals surface area contributed by atoms with Gasteiger partial charge in [0.15, 0.2) is 0 Å². The average molecular weight is 1470 g/mol. The first-order chi connectivity index (χ1) is 47.2. The molecule has 98 heavy (non-hydrogen) atoms. The molecule has 3 aliphatic heterocycles. The fourth-order valence-electron chi connectivity index (χ4n) is 11.8. The SMILES string of the molecule is [CH2-]c1ccccc1.[CH2-]c1ccccc1.[CH2-]c1ccccc1.[CH2-]c1ccccc1.[CH2-]c1ccccc1.[CH2-]c1ccccc1.[Zr+3].[Zr+4].c1ccc(P(c2cccc3c2CCCC3)c2cccc3c2NCCC3)cc1.c1ccc([PH+](c2cccc3c2[N-]CCC3)c2cccc3c2[N-]CCC3)cc1. The van der Waals surface area contributed by atoms with Crippen LogP contribution in [-0.2, 0) is 84.5 Å². The molecule has 1 radical (unpaired) electrons. The zero-order chi connectivity index (χ0) is 66.8. The first kappa shape index (κ1) is 77.2. The molecule has 0 saturated carbocycles. The molecule has 0 amide bonds. The van der Waals surface area contributed by atoms with Crippen LogP contribution in [0.15, 0.2) is 315 Å². The van der Waals surface area contributed by atoms with Crippen LogP contribution in [0.5, 0.6) is 0 Å². The van der Waals surface area contributed by atoms with E-state index >= 15 is 0 Å². The molecule has 0 fully saturated rings. The van der Waals surface area contributed by atoms with Gasteiger partial charge in [-0.3, -0.25) is 0 Å². The number of benzene rings is 12. The van der Waals surface area contributed by atoms with Gasteiger partial charge < -0.3 is 16.0 Å². The largest absolute Gasteiger partial charge is 4.00 e. The van der Waals surface area contributed by atoms with Crippen molar-refractivity contribution in [1.29, 1.82) is 0 Å². The summed E-state index contributed by atoms with van der Waals surface area (Å²) in [5.74, 6) is 0. The molecule has 0 spiro atoms. The third-order valence-corrected chi connectivity index (χ3v) is 21.9. The fraction of sp³-hybridized carbons (Fsp3) is 0.143. The maximum atomic E-state index is 4.97. The van der Waals surface area contributed by atoms with Crippen LogP contribution < -0.4 is 37.1 Å². The predicted molar refractivity (Wildman–Crippen MR) is 423 cm³/mol. The number of aryl methyl sites for hydroxylation is 4. The number of anilines is 1. The quantitative estimate of drug-likeness (QED) is 0.131. The number of para-hydroxylation sites is 3. The Morgan fingerprint density at radius 3 is 1.03 bits per heavy atom. The molecule has 1 aliphatic carbocycles. The summed E-state index contributed by atoms with van der Waals surface area (Å²) >= 11 is 0. The molecule has 12 aromatic carbocycles. The van der Waals surface area contributed by atoms with Crippen molar-refractivity contribution in [1.82, 2.24) is 0 Å². The van der Waals surface area contributed by atoms with E-state index in [1.54, 1.807) is 16.4 Å². The maximum Gasteiger partial charge on any atom is 4.00 e. The molecule has 3 nitrogen and oxygen atoms in total. The Hall–Kier alpha value is -8.11. The topological polar surface area (TPSA) is 40.2 Å². The first-order valence-electron chi connectivity index (χ1n) is 33.8. The van der Waals surface area contributed by atoms with E-state index < -0.39 is 15.8 Å². The van der Waals surface area contributed by atoms with Crippen molar-refractivity contribution in [2.24, 2.45) is 0 Å². The van der Waals surface area contributed by atoms with Gasteiger partial charge in [0.2, 0.25) is 0 Å². The van der Waals surface area contributed by atoms with Crippen LogP contribution >= 0.6 is 15.8 Å². The second-order valence-electron chi connectivity index (χ2n) is 23.9. The van der Waals surface area contributed by atoms with Crippen molar-refractivity contribution < 1.29 is 52.4 Å². The third-order valence-electron chi connectivity index (χ3n) is 16.6. The zero-order valence-corrected chi connectivity index (χ0v) is 63.6. The molecule has 1 atom stereocenters. The first-order valence-corrected chi connectivity index (χ1v) is 36.6. The third kappa shape index (κ3) is 24.7. The van der Waals surface area contributed by atoms with Crippen LogP contribution in [0.2, 0.25) is 0 Å². The Morgan fingerprint density at radius 1 is 0.306 bits per heavy atom. The molecule has 16 rings (SSSR count). The van der Waals surface area contributed by atoms with Gasteiger partial charge in [-0.1, -0.05) is 181 Å². The molecular formula is C91H92N3P2Zr2. The van der Waals surface area contributed by atoms with Crippen LogP contribution in [0, 0.1) is 41.5 Å². The van der Waals surface area contributed by atoms with Crippen molar-refractivity contribution in [2.75, 3.05) is 25.0 Å². The molecule has 1 N–H and O–H groups in total. The summed E-state index contributed by atoms with van der Waals surface area (Å²) in [6, 6.07) is 109. The van der Waals surface area contributed by atoms with E-state index in [-0.39, 0.29) is 52.4 Å². The van der Waals surface area contributed by atoms with Crippen molar-refractivity contribution in [3.8, 4) is 0 Å². The van der Waals surface area contributed by atoms with Crippen molar-refractivity contribution in [2.45, 2.75) is 64.2 Å². The van der Waals surface area contributed by atoms with Crippen LogP contribution in [-0.4, -0.2) is 19.6 Å². The zero-order valence-electron chi connectivity index (χ0n) is 56.8. The summed E-state index contributed by atoms with van der Waals surface area (Å²) in [7, 11) is -1.68. The van der Waals surface area contributed by atoms with Gasteiger partial charge >= 0.3 is 52.4 Å².